The number of hydrogen-bond acceptors (Lipinski definition) is 3. The predicted octanol–water partition coefficient (Wildman–Crippen LogP) is 0.591. The summed E-state index contributed by atoms with van der Waals surface area (Å²) in [6.45, 7) is 0.158. The van der Waals surface area contributed by atoms with Crippen LogP contribution >= 0.6 is 23.2 Å². The smallest absolute Gasteiger partial charge is 0.255 e. The zero-order chi connectivity index (χ0) is 10.8. The SMILES string of the molecule is Cn1ncc(Cl)c1S(=O)(=O)NCCCl. The molecule has 0 fully saturated rings. The number of hydrogen-bond donors (Lipinski definition) is 1. The number of sulfonamides is 1. The van der Waals surface area contributed by atoms with Crippen LogP contribution in [0.2, 0.25) is 5.02 Å². The van der Waals surface area contributed by atoms with Crippen molar-refractivity contribution in [3.8, 4) is 0 Å². The molecule has 1 rings (SSSR count). The minimum Gasteiger partial charge on any atom is -0.255 e. The Bertz CT molecular complexity index is 395. The molecule has 1 N–H and O–H groups in total. The first-order valence-corrected chi connectivity index (χ1v) is 6.11. The number of nitrogens with one attached hydrogen (secondary N) is 1. The molecule has 1 heterocycles. The van der Waals surface area contributed by atoms with E-state index in [1.165, 1.54) is 17.9 Å². The highest BCUT2D eigenvalue weighted by Crippen LogP contribution is 2.19. The maximum atomic E-state index is 11.6. The van der Waals surface area contributed by atoms with E-state index in [0.29, 0.717) is 0 Å². The van der Waals surface area contributed by atoms with Gasteiger partial charge in [0.25, 0.3) is 10.0 Å². The van der Waals surface area contributed by atoms with Crippen LogP contribution in [0.25, 0.3) is 0 Å². The van der Waals surface area contributed by atoms with Crippen LogP contribution in [0.5, 0.6) is 0 Å². The van der Waals surface area contributed by atoms with Crippen LogP contribution in [-0.4, -0.2) is 30.6 Å². The standard InChI is InChI=1S/C6H9Cl2N3O2S/c1-11-6(5(8)4-9-11)14(12,13)10-3-2-7/h4,10H,2-3H2,1H3. The monoisotopic (exact) mass is 257 g/mol. The van der Waals surface area contributed by atoms with Crippen molar-refractivity contribution in [3.63, 3.8) is 0 Å². The molecule has 1 aromatic rings. The van der Waals surface area contributed by atoms with Crippen molar-refractivity contribution in [3.05, 3.63) is 11.2 Å². The van der Waals surface area contributed by atoms with Crippen molar-refractivity contribution < 1.29 is 8.42 Å². The van der Waals surface area contributed by atoms with Gasteiger partial charge >= 0.3 is 0 Å². The van der Waals surface area contributed by atoms with Crippen LogP contribution in [0.1, 0.15) is 0 Å². The molecule has 0 amide bonds. The zero-order valence-electron chi connectivity index (χ0n) is 7.37. The molecule has 0 radical (unpaired) electrons. The Morgan fingerprint density at radius 2 is 2.29 bits per heavy atom. The number of halogens is 2. The summed E-state index contributed by atoms with van der Waals surface area (Å²) >= 11 is 11.0. The maximum absolute atomic E-state index is 11.6. The average molecular weight is 258 g/mol. The van der Waals surface area contributed by atoms with Gasteiger partial charge in [-0.2, -0.15) is 5.10 Å². The van der Waals surface area contributed by atoms with Gasteiger partial charge in [0.2, 0.25) is 0 Å². The summed E-state index contributed by atoms with van der Waals surface area (Å²) in [4.78, 5) is 0. The van der Waals surface area contributed by atoms with E-state index < -0.39 is 10.0 Å². The second kappa shape index (κ2) is 4.48. The average Bonchev–Trinajstić information content (AvgIpc) is 2.43. The van der Waals surface area contributed by atoms with Gasteiger partial charge in [-0.05, 0) is 0 Å². The minimum absolute atomic E-state index is 0.0516. The molecule has 0 bridgehead atoms. The van der Waals surface area contributed by atoms with Crippen molar-refractivity contribution in [1.29, 1.82) is 0 Å². The highest BCUT2D eigenvalue weighted by atomic mass is 35.5. The van der Waals surface area contributed by atoms with E-state index in [0.717, 1.165) is 0 Å². The summed E-state index contributed by atoms with van der Waals surface area (Å²) in [5.74, 6) is 0.203. The van der Waals surface area contributed by atoms with E-state index in [4.69, 9.17) is 23.2 Å². The van der Waals surface area contributed by atoms with Crippen LogP contribution < -0.4 is 4.72 Å². The van der Waals surface area contributed by atoms with Crippen LogP contribution in [0, 0.1) is 0 Å². The lowest BCUT2D eigenvalue weighted by atomic mass is 10.7. The van der Waals surface area contributed by atoms with Crippen LogP contribution in [0.3, 0.4) is 0 Å². The predicted molar refractivity (Wildman–Crippen MR) is 54.1 cm³/mol. The number of alkyl halides is 1. The van der Waals surface area contributed by atoms with E-state index in [1.807, 2.05) is 0 Å². The lowest BCUT2D eigenvalue weighted by Crippen LogP contribution is -2.27. The summed E-state index contributed by atoms with van der Waals surface area (Å²) in [7, 11) is -2.11. The third-order valence-corrected chi connectivity index (χ3v) is 3.64. The summed E-state index contributed by atoms with van der Waals surface area (Å²) in [6.07, 6.45) is 1.27. The molecule has 0 aliphatic heterocycles. The van der Waals surface area contributed by atoms with Gasteiger partial charge in [-0.15, -0.1) is 11.6 Å². The summed E-state index contributed by atoms with van der Waals surface area (Å²) in [6, 6.07) is 0. The fraction of sp³-hybridized carbons (Fsp3) is 0.500. The number of aromatic nitrogens is 2. The quantitative estimate of drug-likeness (QED) is 0.804. The molecule has 1 aromatic heterocycles. The Hall–Kier alpha value is -0.300. The molecule has 0 aliphatic rings. The Morgan fingerprint density at radius 1 is 1.64 bits per heavy atom. The van der Waals surface area contributed by atoms with Crippen LogP contribution in [0.15, 0.2) is 11.2 Å². The Labute approximate surface area is 92.1 Å². The molecule has 0 aliphatic carbocycles. The maximum Gasteiger partial charge on any atom is 0.259 e. The fourth-order valence-corrected chi connectivity index (χ4v) is 2.83. The summed E-state index contributed by atoms with van der Waals surface area (Å²) in [5, 5.41) is 3.76. The highest BCUT2D eigenvalue weighted by Gasteiger charge is 2.21. The van der Waals surface area contributed by atoms with Crippen molar-refractivity contribution in [1.82, 2.24) is 14.5 Å². The molecule has 0 spiro atoms. The molecule has 80 valence electrons. The first-order valence-electron chi connectivity index (χ1n) is 3.72. The Kier molecular flexibility index (Phi) is 3.77. The van der Waals surface area contributed by atoms with E-state index >= 15 is 0 Å². The lowest BCUT2D eigenvalue weighted by Gasteiger charge is -2.05. The van der Waals surface area contributed by atoms with Crippen molar-refractivity contribution in [2.75, 3.05) is 12.4 Å². The molecule has 0 atom stereocenters. The number of nitrogens with zero attached hydrogens (tertiary/aromatic N) is 2. The minimum atomic E-state index is -3.61. The van der Waals surface area contributed by atoms with E-state index in [-0.39, 0.29) is 22.5 Å². The van der Waals surface area contributed by atoms with Crippen molar-refractivity contribution in [2.45, 2.75) is 5.03 Å². The first-order chi connectivity index (χ1) is 6.49. The van der Waals surface area contributed by atoms with Gasteiger partial charge in [0.1, 0.15) is 0 Å². The van der Waals surface area contributed by atoms with E-state index in [1.54, 1.807) is 0 Å². The Balaban J connectivity index is 3.04. The molecular formula is C6H9Cl2N3O2S. The second-order valence-corrected chi connectivity index (χ2v) is 4.98. The zero-order valence-corrected chi connectivity index (χ0v) is 9.70. The topological polar surface area (TPSA) is 64.0 Å². The third-order valence-electron chi connectivity index (χ3n) is 1.48. The van der Waals surface area contributed by atoms with Crippen molar-refractivity contribution in [2.24, 2.45) is 7.05 Å². The second-order valence-electron chi connectivity index (χ2n) is 2.51. The van der Waals surface area contributed by atoms with Gasteiger partial charge in [0, 0.05) is 19.5 Å². The Morgan fingerprint density at radius 3 is 2.71 bits per heavy atom. The van der Waals surface area contributed by atoms with E-state index in [2.05, 4.69) is 9.82 Å². The number of aryl methyl sites for hydroxylation is 1. The van der Waals surface area contributed by atoms with E-state index in [9.17, 15) is 8.42 Å². The van der Waals surface area contributed by atoms with Gasteiger partial charge < -0.3 is 0 Å². The van der Waals surface area contributed by atoms with Gasteiger partial charge in [-0.1, -0.05) is 11.6 Å². The molecule has 5 nitrogen and oxygen atoms in total. The molecule has 14 heavy (non-hydrogen) atoms. The van der Waals surface area contributed by atoms with Gasteiger partial charge in [-0.25, -0.2) is 13.1 Å². The fourth-order valence-electron chi connectivity index (χ4n) is 0.943. The first kappa shape index (κ1) is 11.8. The lowest BCUT2D eigenvalue weighted by molar-refractivity contribution is 0.565. The molecular weight excluding hydrogens is 249 g/mol. The highest BCUT2D eigenvalue weighted by molar-refractivity contribution is 7.89. The molecule has 8 heteroatoms. The molecule has 0 saturated heterocycles. The number of rotatable bonds is 4. The normalized spacial score (nSPS) is 11.9. The third kappa shape index (κ3) is 2.38. The summed E-state index contributed by atoms with van der Waals surface area (Å²) in [5.41, 5.74) is 0. The molecule has 0 aromatic carbocycles. The van der Waals surface area contributed by atoms with Gasteiger partial charge in [0.15, 0.2) is 5.03 Å². The molecule has 0 unspecified atom stereocenters. The van der Waals surface area contributed by atoms with Crippen LogP contribution in [-0.2, 0) is 17.1 Å². The van der Waals surface area contributed by atoms with Gasteiger partial charge in [0.05, 0.1) is 11.2 Å². The molecule has 0 saturated carbocycles. The van der Waals surface area contributed by atoms with Crippen molar-refractivity contribution >= 4 is 33.2 Å². The van der Waals surface area contributed by atoms with Gasteiger partial charge in [-0.3, -0.25) is 4.68 Å². The summed E-state index contributed by atoms with van der Waals surface area (Å²) < 4.78 is 26.6. The largest absolute Gasteiger partial charge is 0.259 e. The van der Waals surface area contributed by atoms with Crippen LogP contribution in [0.4, 0.5) is 0 Å².